The molecule has 3 aromatic rings. The lowest BCUT2D eigenvalue weighted by Gasteiger charge is -2.07. The first kappa shape index (κ1) is 14.9. The minimum absolute atomic E-state index is 0.228. The Morgan fingerprint density at radius 2 is 1.91 bits per heavy atom. The highest BCUT2D eigenvalue weighted by atomic mass is 35.5. The summed E-state index contributed by atoms with van der Waals surface area (Å²) in [5.74, 6) is 0.390. The molecule has 0 aliphatic rings. The molecule has 0 bridgehead atoms. The Kier molecular flexibility index (Phi) is 4.16. The van der Waals surface area contributed by atoms with Crippen LogP contribution in [0.3, 0.4) is 0 Å². The number of hydrogen-bond acceptors (Lipinski definition) is 5. The largest absolute Gasteiger partial charge is 0.399 e. The number of benzene rings is 1. The quantitative estimate of drug-likeness (QED) is 0.570. The maximum Gasteiger partial charge on any atom is 0.256 e. The Bertz CT molecular complexity index is 837. The molecular weight excluding hydrogens is 314 g/mol. The number of nitrogens with zero attached hydrogens (tertiary/aromatic N) is 3. The minimum Gasteiger partial charge on any atom is -0.399 e. The highest BCUT2D eigenvalue weighted by Gasteiger charge is 2.10. The van der Waals surface area contributed by atoms with E-state index in [4.69, 9.17) is 17.3 Å². The molecule has 114 valence electrons. The normalized spacial score (nSPS) is 10.3. The maximum atomic E-state index is 12.2. The molecule has 0 saturated carbocycles. The molecule has 0 aliphatic carbocycles. The Labute approximate surface area is 137 Å². The summed E-state index contributed by atoms with van der Waals surface area (Å²) in [6.07, 6.45) is 3.27. The van der Waals surface area contributed by atoms with Gasteiger partial charge in [0.05, 0.1) is 0 Å². The Balaban J connectivity index is 1.87. The van der Waals surface area contributed by atoms with Gasteiger partial charge >= 0.3 is 0 Å². The third kappa shape index (κ3) is 3.61. The Morgan fingerprint density at radius 1 is 1.13 bits per heavy atom. The van der Waals surface area contributed by atoms with E-state index in [1.54, 1.807) is 42.7 Å². The van der Waals surface area contributed by atoms with Gasteiger partial charge in [0.2, 0.25) is 0 Å². The van der Waals surface area contributed by atoms with Crippen molar-refractivity contribution in [3.05, 3.63) is 65.6 Å². The number of nitrogens with two attached hydrogens (primary N) is 1. The van der Waals surface area contributed by atoms with Crippen LogP contribution in [0.4, 0.5) is 11.5 Å². The lowest BCUT2D eigenvalue weighted by atomic mass is 10.2. The average molecular weight is 326 g/mol. The zero-order chi connectivity index (χ0) is 16.2. The van der Waals surface area contributed by atoms with Gasteiger partial charge in [0, 0.05) is 35.3 Å². The number of nitrogens with one attached hydrogen (secondary N) is 1. The van der Waals surface area contributed by atoms with Crippen molar-refractivity contribution in [2.45, 2.75) is 0 Å². The number of nitrogen functional groups attached to an aromatic ring is 1. The van der Waals surface area contributed by atoms with Crippen LogP contribution in [0.25, 0.3) is 11.4 Å². The molecule has 23 heavy (non-hydrogen) atoms. The first-order valence-corrected chi connectivity index (χ1v) is 7.11. The van der Waals surface area contributed by atoms with E-state index >= 15 is 0 Å². The van der Waals surface area contributed by atoms with Gasteiger partial charge in [0.15, 0.2) is 5.82 Å². The van der Waals surface area contributed by atoms with Gasteiger partial charge < -0.3 is 11.1 Å². The molecule has 1 aromatic carbocycles. The molecule has 0 fully saturated rings. The first-order chi connectivity index (χ1) is 11.1. The van der Waals surface area contributed by atoms with E-state index in [0.717, 1.165) is 0 Å². The SMILES string of the molecule is Nc1ccc(C(=O)Nc2cc(Cl)nc(-c3cccnc3)n2)cc1. The van der Waals surface area contributed by atoms with Crippen molar-refractivity contribution in [1.29, 1.82) is 0 Å². The number of rotatable bonds is 3. The van der Waals surface area contributed by atoms with Crippen LogP contribution in [0.15, 0.2) is 54.9 Å². The first-order valence-electron chi connectivity index (χ1n) is 6.74. The number of amides is 1. The topological polar surface area (TPSA) is 93.8 Å². The van der Waals surface area contributed by atoms with Gasteiger partial charge in [-0.15, -0.1) is 0 Å². The fraction of sp³-hybridized carbons (Fsp3) is 0. The van der Waals surface area contributed by atoms with Crippen LogP contribution in [0.1, 0.15) is 10.4 Å². The summed E-state index contributed by atoms with van der Waals surface area (Å²) in [4.78, 5) is 24.7. The van der Waals surface area contributed by atoms with Crippen LogP contribution in [0, 0.1) is 0 Å². The average Bonchev–Trinajstić information content (AvgIpc) is 2.55. The van der Waals surface area contributed by atoms with E-state index < -0.39 is 0 Å². The molecule has 6 nitrogen and oxygen atoms in total. The summed E-state index contributed by atoms with van der Waals surface area (Å²) >= 11 is 6.01. The summed E-state index contributed by atoms with van der Waals surface area (Å²) in [6.45, 7) is 0. The number of carbonyl (C=O) groups is 1. The molecule has 0 aliphatic heterocycles. The van der Waals surface area contributed by atoms with Gasteiger partial charge in [-0.25, -0.2) is 9.97 Å². The molecular formula is C16H12ClN5O. The van der Waals surface area contributed by atoms with Crippen molar-refractivity contribution in [3.63, 3.8) is 0 Å². The zero-order valence-corrected chi connectivity index (χ0v) is 12.7. The second kappa shape index (κ2) is 6.41. The number of pyridine rings is 1. The maximum absolute atomic E-state index is 12.2. The third-order valence-corrected chi connectivity index (χ3v) is 3.22. The molecule has 0 unspecified atom stereocenters. The minimum atomic E-state index is -0.308. The van der Waals surface area contributed by atoms with E-state index in [9.17, 15) is 4.79 Å². The van der Waals surface area contributed by atoms with Crippen LogP contribution >= 0.6 is 11.6 Å². The molecule has 2 aromatic heterocycles. The van der Waals surface area contributed by atoms with Gasteiger partial charge in [-0.2, -0.15) is 0 Å². The third-order valence-electron chi connectivity index (χ3n) is 3.03. The highest BCUT2D eigenvalue weighted by Crippen LogP contribution is 2.20. The van der Waals surface area contributed by atoms with Crippen LogP contribution in [-0.4, -0.2) is 20.9 Å². The second-order valence-corrected chi connectivity index (χ2v) is 5.10. The van der Waals surface area contributed by atoms with Crippen molar-refractivity contribution in [3.8, 4) is 11.4 Å². The molecule has 1 amide bonds. The summed E-state index contributed by atoms with van der Waals surface area (Å²) in [6, 6.07) is 11.6. The van der Waals surface area contributed by atoms with Gasteiger partial charge in [-0.05, 0) is 36.4 Å². The summed E-state index contributed by atoms with van der Waals surface area (Å²) in [7, 11) is 0. The van der Waals surface area contributed by atoms with Gasteiger partial charge in [-0.3, -0.25) is 9.78 Å². The van der Waals surface area contributed by atoms with E-state index in [-0.39, 0.29) is 11.1 Å². The summed E-state index contributed by atoms with van der Waals surface area (Å²) in [5.41, 5.74) is 7.37. The van der Waals surface area contributed by atoms with Gasteiger partial charge in [-0.1, -0.05) is 11.6 Å². The van der Waals surface area contributed by atoms with Crippen molar-refractivity contribution in [2.75, 3.05) is 11.1 Å². The van der Waals surface area contributed by atoms with Crippen molar-refractivity contribution >= 4 is 29.0 Å². The predicted octanol–water partition coefficient (Wildman–Crippen LogP) is 3.03. The van der Waals surface area contributed by atoms with Crippen molar-refractivity contribution < 1.29 is 4.79 Å². The molecule has 2 heterocycles. The summed E-state index contributed by atoms with van der Waals surface area (Å²) < 4.78 is 0. The Morgan fingerprint density at radius 3 is 2.61 bits per heavy atom. The van der Waals surface area contributed by atoms with Crippen LogP contribution in [0.5, 0.6) is 0 Å². The zero-order valence-electron chi connectivity index (χ0n) is 11.9. The van der Waals surface area contributed by atoms with Crippen molar-refractivity contribution in [2.24, 2.45) is 0 Å². The smallest absolute Gasteiger partial charge is 0.256 e. The molecule has 0 atom stereocenters. The van der Waals surface area contributed by atoms with Crippen LogP contribution in [0.2, 0.25) is 5.15 Å². The van der Waals surface area contributed by atoms with Gasteiger partial charge in [0.25, 0.3) is 5.91 Å². The predicted molar refractivity (Wildman–Crippen MR) is 89.1 cm³/mol. The molecule has 3 rings (SSSR count). The number of aromatic nitrogens is 3. The van der Waals surface area contributed by atoms with E-state index in [0.29, 0.717) is 28.5 Å². The second-order valence-electron chi connectivity index (χ2n) is 4.72. The number of halogens is 1. The summed E-state index contributed by atoms with van der Waals surface area (Å²) in [5, 5.41) is 2.92. The molecule has 0 radical (unpaired) electrons. The van der Waals surface area contributed by atoms with E-state index in [1.165, 1.54) is 6.07 Å². The van der Waals surface area contributed by atoms with E-state index in [2.05, 4.69) is 20.3 Å². The molecule has 0 saturated heterocycles. The monoisotopic (exact) mass is 325 g/mol. The molecule has 3 N–H and O–H groups in total. The molecule has 0 spiro atoms. The molecule has 7 heteroatoms. The fourth-order valence-electron chi connectivity index (χ4n) is 1.93. The van der Waals surface area contributed by atoms with Crippen LogP contribution in [-0.2, 0) is 0 Å². The van der Waals surface area contributed by atoms with Gasteiger partial charge in [0.1, 0.15) is 11.0 Å². The lowest BCUT2D eigenvalue weighted by molar-refractivity contribution is 0.102. The highest BCUT2D eigenvalue weighted by molar-refractivity contribution is 6.29. The standard InChI is InChI=1S/C16H12ClN5O/c17-13-8-14(21-15(20-13)11-2-1-7-19-9-11)22-16(23)10-3-5-12(18)6-4-10/h1-9H,18H2,(H,20,21,22,23). The number of carbonyl (C=O) groups excluding carboxylic acids is 1. The Hall–Kier alpha value is -2.99. The number of hydrogen-bond donors (Lipinski definition) is 2. The fourth-order valence-corrected chi connectivity index (χ4v) is 2.11. The lowest BCUT2D eigenvalue weighted by Crippen LogP contribution is -2.13. The van der Waals surface area contributed by atoms with E-state index in [1.807, 2.05) is 6.07 Å². The van der Waals surface area contributed by atoms with Crippen LogP contribution < -0.4 is 11.1 Å². The van der Waals surface area contributed by atoms with Crippen molar-refractivity contribution in [1.82, 2.24) is 15.0 Å². The number of anilines is 2.